The van der Waals surface area contributed by atoms with Gasteiger partial charge in [0.2, 0.25) is 0 Å². The van der Waals surface area contributed by atoms with Crippen LogP contribution in [0.3, 0.4) is 0 Å². The maximum atomic E-state index is 5.47. The third kappa shape index (κ3) is 2.10. The van der Waals surface area contributed by atoms with Crippen molar-refractivity contribution in [3.8, 4) is 0 Å². The molecule has 0 spiro atoms. The molecular weight excluding hydrogens is 196 g/mol. The molecule has 5 heteroatoms. The second-order valence-electron chi connectivity index (χ2n) is 3.53. The van der Waals surface area contributed by atoms with Crippen LogP contribution >= 0.6 is 12.2 Å². The number of nitrogens with zero attached hydrogens (tertiary/aromatic N) is 3. The molecule has 1 aliphatic rings. The van der Waals surface area contributed by atoms with Crippen molar-refractivity contribution in [2.75, 3.05) is 13.1 Å². The van der Waals surface area contributed by atoms with E-state index in [0.717, 1.165) is 38.4 Å². The average Bonchev–Trinajstić information content (AvgIpc) is 2.61. The summed E-state index contributed by atoms with van der Waals surface area (Å²) in [5.74, 6) is 1.14. The van der Waals surface area contributed by atoms with Crippen LogP contribution in [0.5, 0.6) is 0 Å². The molecule has 0 unspecified atom stereocenters. The van der Waals surface area contributed by atoms with Crippen LogP contribution in [-0.4, -0.2) is 32.5 Å². The summed E-state index contributed by atoms with van der Waals surface area (Å²) in [6.07, 6.45) is 4.68. The van der Waals surface area contributed by atoms with Crippen molar-refractivity contribution in [2.24, 2.45) is 5.73 Å². The fourth-order valence-electron chi connectivity index (χ4n) is 1.68. The summed E-state index contributed by atoms with van der Waals surface area (Å²) in [5, 5.41) is 0. The van der Waals surface area contributed by atoms with Crippen molar-refractivity contribution in [1.82, 2.24) is 14.5 Å². The molecule has 1 aromatic rings. The first-order valence-corrected chi connectivity index (χ1v) is 5.17. The van der Waals surface area contributed by atoms with E-state index in [2.05, 4.69) is 14.5 Å². The van der Waals surface area contributed by atoms with E-state index in [9.17, 15) is 0 Å². The van der Waals surface area contributed by atoms with Crippen LogP contribution in [0.4, 0.5) is 0 Å². The van der Waals surface area contributed by atoms with Gasteiger partial charge in [0.25, 0.3) is 0 Å². The van der Waals surface area contributed by atoms with E-state index in [4.69, 9.17) is 18.0 Å². The van der Waals surface area contributed by atoms with Gasteiger partial charge in [-0.2, -0.15) is 0 Å². The van der Waals surface area contributed by atoms with Crippen molar-refractivity contribution in [1.29, 1.82) is 0 Å². The predicted octanol–water partition coefficient (Wildman–Crippen LogP) is 0.375. The summed E-state index contributed by atoms with van der Waals surface area (Å²) < 4.78 is 2.19. The Balaban J connectivity index is 1.91. The zero-order valence-electron chi connectivity index (χ0n) is 8.02. The Kier molecular flexibility index (Phi) is 2.79. The SMILES string of the molecule is NC(=S)CCN1CCn2ccnc2C1. The van der Waals surface area contributed by atoms with Crippen LogP contribution in [0.25, 0.3) is 0 Å². The van der Waals surface area contributed by atoms with Crippen LogP contribution in [0.1, 0.15) is 12.2 Å². The minimum absolute atomic E-state index is 0.596. The summed E-state index contributed by atoms with van der Waals surface area (Å²) >= 11 is 4.86. The predicted molar refractivity (Wildman–Crippen MR) is 58.9 cm³/mol. The van der Waals surface area contributed by atoms with Gasteiger partial charge in [0.1, 0.15) is 5.82 Å². The molecule has 0 radical (unpaired) electrons. The van der Waals surface area contributed by atoms with E-state index in [0.29, 0.717) is 4.99 Å². The number of rotatable bonds is 3. The highest BCUT2D eigenvalue weighted by molar-refractivity contribution is 7.80. The summed E-state index contributed by atoms with van der Waals surface area (Å²) in [4.78, 5) is 7.22. The maximum Gasteiger partial charge on any atom is 0.122 e. The summed E-state index contributed by atoms with van der Waals surface area (Å²) in [6, 6.07) is 0. The third-order valence-electron chi connectivity index (χ3n) is 2.50. The Hall–Kier alpha value is -0.940. The highest BCUT2D eigenvalue weighted by Gasteiger charge is 2.15. The van der Waals surface area contributed by atoms with Crippen LogP contribution in [0, 0.1) is 0 Å². The van der Waals surface area contributed by atoms with Crippen LogP contribution in [0.2, 0.25) is 0 Å². The van der Waals surface area contributed by atoms with Gasteiger partial charge >= 0.3 is 0 Å². The highest BCUT2D eigenvalue weighted by Crippen LogP contribution is 2.09. The molecular formula is C9H14N4S. The van der Waals surface area contributed by atoms with Gasteiger partial charge < -0.3 is 10.3 Å². The minimum Gasteiger partial charge on any atom is -0.393 e. The molecule has 1 aliphatic heterocycles. The second kappa shape index (κ2) is 4.06. The first kappa shape index (κ1) is 9.61. The van der Waals surface area contributed by atoms with Crippen molar-refractivity contribution in [3.63, 3.8) is 0 Å². The van der Waals surface area contributed by atoms with E-state index in [1.165, 1.54) is 0 Å². The quantitative estimate of drug-likeness (QED) is 0.732. The van der Waals surface area contributed by atoms with Gasteiger partial charge in [-0.15, -0.1) is 0 Å². The largest absolute Gasteiger partial charge is 0.393 e. The standard InChI is InChI=1S/C9H14N4S/c10-8(14)1-3-12-5-6-13-4-2-11-9(13)7-12/h2,4H,1,3,5-7H2,(H2,10,14). The molecule has 0 atom stereocenters. The van der Waals surface area contributed by atoms with E-state index < -0.39 is 0 Å². The average molecular weight is 210 g/mol. The number of nitrogens with two attached hydrogens (primary N) is 1. The lowest BCUT2D eigenvalue weighted by atomic mass is 10.3. The van der Waals surface area contributed by atoms with Gasteiger partial charge in [0, 0.05) is 38.4 Å². The number of hydrogen-bond donors (Lipinski definition) is 1. The molecule has 4 nitrogen and oxygen atoms in total. The molecule has 0 saturated carbocycles. The first-order valence-electron chi connectivity index (χ1n) is 4.76. The molecule has 1 aromatic heterocycles. The normalized spacial score (nSPS) is 16.6. The topological polar surface area (TPSA) is 47.1 Å². The van der Waals surface area contributed by atoms with Crippen molar-refractivity contribution in [2.45, 2.75) is 19.5 Å². The summed E-state index contributed by atoms with van der Waals surface area (Å²) in [7, 11) is 0. The van der Waals surface area contributed by atoms with E-state index in [1.807, 2.05) is 12.4 Å². The van der Waals surface area contributed by atoms with Gasteiger partial charge in [-0.05, 0) is 0 Å². The molecule has 2 N–H and O–H groups in total. The highest BCUT2D eigenvalue weighted by atomic mass is 32.1. The van der Waals surface area contributed by atoms with Crippen molar-refractivity contribution < 1.29 is 0 Å². The molecule has 0 aliphatic carbocycles. The van der Waals surface area contributed by atoms with Gasteiger partial charge in [0.05, 0.1) is 11.5 Å². The monoisotopic (exact) mass is 210 g/mol. The second-order valence-corrected chi connectivity index (χ2v) is 4.05. The molecule has 0 amide bonds. The van der Waals surface area contributed by atoms with E-state index >= 15 is 0 Å². The lowest BCUT2D eigenvalue weighted by Gasteiger charge is -2.27. The number of thiocarbonyl (C=S) groups is 1. The third-order valence-corrected chi connectivity index (χ3v) is 2.70. The minimum atomic E-state index is 0.596. The van der Waals surface area contributed by atoms with Gasteiger partial charge in [-0.25, -0.2) is 4.98 Å². The zero-order chi connectivity index (χ0) is 9.97. The Morgan fingerprint density at radius 2 is 2.43 bits per heavy atom. The zero-order valence-corrected chi connectivity index (χ0v) is 8.83. The molecule has 14 heavy (non-hydrogen) atoms. The summed E-state index contributed by atoms with van der Waals surface area (Å²) in [5.41, 5.74) is 5.47. The number of imidazole rings is 1. The fourth-order valence-corrected chi connectivity index (χ4v) is 1.77. The Bertz CT molecular complexity index is 333. The number of fused-ring (bicyclic) bond motifs is 1. The molecule has 76 valence electrons. The van der Waals surface area contributed by atoms with Crippen molar-refractivity contribution >= 4 is 17.2 Å². The smallest absolute Gasteiger partial charge is 0.122 e. The van der Waals surface area contributed by atoms with E-state index in [1.54, 1.807) is 0 Å². The fraction of sp³-hybridized carbons (Fsp3) is 0.556. The van der Waals surface area contributed by atoms with Gasteiger partial charge in [0.15, 0.2) is 0 Å². The molecule has 0 aromatic carbocycles. The lowest BCUT2D eigenvalue weighted by Crippen LogP contribution is -2.35. The molecule has 2 rings (SSSR count). The van der Waals surface area contributed by atoms with Crippen LogP contribution in [-0.2, 0) is 13.1 Å². The van der Waals surface area contributed by atoms with Crippen LogP contribution < -0.4 is 5.73 Å². The molecule has 0 fully saturated rings. The maximum absolute atomic E-state index is 5.47. The molecule has 0 saturated heterocycles. The Labute approximate surface area is 88.7 Å². The molecule has 0 bridgehead atoms. The van der Waals surface area contributed by atoms with E-state index in [-0.39, 0.29) is 0 Å². The lowest BCUT2D eigenvalue weighted by molar-refractivity contribution is 0.223. The van der Waals surface area contributed by atoms with Crippen LogP contribution in [0.15, 0.2) is 12.4 Å². The van der Waals surface area contributed by atoms with Crippen molar-refractivity contribution in [3.05, 3.63) is 18.2 Å². The molecule has 2 heterocycles. The Morgan fingerprint density at radius 1 is 1.57 bits per heavy atom. The Morgan fingerprint density at radius 3 is 3.21 bits per heavy atom. The van der Waals surface area contributed by atoms with Gasteiger partial charge in [-0.1, -0.05) is 12.2 Å². The number of hydrogen-bond acceptors (Lipinski definition) is 3. The van der Waals surface area contributed by atoms with Gasteiger partial charge in [-0.3, -0.25) is 4.90 Å². The summed E-state index contributed by atoms with van der Waals surface area (Å²) in [6.45, 7) is 3.94. The first-order chi connectivity index (χ1) is 6.75. The number of aromatic nitrogens is 2.